The highest BCUT2D eigenvalue weighted by Crippen LogP contribution is 2.32. The first-order valence-electron chi connectivity index (χ1n) is 5.93. The second kappa shape index (κ2) is 5.04. The molecule has 18 heavy (non-hydrogen) atoms. The summed E-state index contributed by atoms with van der Waals surface area (Å²) in [6, 6.07) is 7.81. The van der Waals surface area contributed by atoms with Crippen LogP contribution >= 0.6 is 0 Å². The largest absolute Gasteiger partial charge is 0.438 e. The minimum atomic E-state index is 0.213. The summed E-state index contributed by atoms with van der Waals surface area (Å²) >= 11 is 0. The zero-order chi connectivity index (χ0) is 13.1. The molecule has 0 aliphatic heterocycles. The highest BCUT2D eigenvalue weighted by Gasteiger charge is 2.15. The van der Waals surface area contributed by atoms with Crippen LogP contribution in [0.5, 0.6) is 11.6 Å². The van der Waals surface area contributed by atoms with E-state index in [9.17, 15) is 0 Å². The lowest BCUT2D eigenvalue weighted by atomic mass is 10.1. The molecule has 0 aliphatic carbocycles. The summed E-state index contributed by atoms with van der Waals surface area (Å²) in [5.41, 5.74) is 7.79. The van der Waals surface area contributed by atoms with E-state index in [0.717, 1.165) is 16.9 Å². The van der Waals surface area contributed by atoms with Crippen molar-refractivity contribution in [3.8, 4) is 11.6 Å². The summed E-state index contributed by atoms with van der Waals surface area (Å²) in [6.45, 7) is 6.08. The summed E-state index contributed by atoms with van der Waals surface area (Å²) < 4.78 is 5.85. The van der Waals surface area contributed by atoms with Gasteiger partial charge in [0.15, 0.2) is 0 Å². The van der Waals surface area contributed by atoms with E-state index in [1.807, 2.05) is 45.0 Å². The topological polar surface area (TPSA) is 61.0 Å². The molecule has 0 fully saturated rings. The number of benzene rings is 1. The Kier molecular flexibility index (Phi) is 3.46. The van der Waals surface area contributed by atoms with E-state index in [4.69, 9.17) is 10.5 Å². The Balaban J connectivity index is 2.41. The zero-order valence-corrected chi connectivity index (χ0v) is 10.8. The monoisotopic (exact) mass is 243 g/mol. The van der Waals surface area contributed by atoms with E-state index in [1.54, 1.807) is 0 Å². The third-order valence-corrected chi connectivity index (χ3v) is 2.76. The Morgan fingerprint density at radius 3 is 2.56 bits per heavy atom. The average molecular weight is 243 g/mol. The molecule has 0 unspecified atom stereocenters. The number of para-hydroxylation sites is 1. The molecule has 0 bridgehead atoms. The van der Waals surface area contributed by atoms with Crippen molar-refractivity contribution in [3.05, 3.63) is 41.7 Å². The Morgan fingerprint density at radius 2 is 1.89 bits per heavy atom. The number of nitrogen functional groups attached to an aromatic ring is 1. The zero-order valence-electron chi connectivity index (χ0n) is 10.8. The van der Waals surface area contributed by atoms with Gasteiger partial charge in [-0.25, -0.2) is 9.97 Å². The van der Waals surface area contributed by atoms with Gasteiger partial charge < -0.3 is 10.5 Å². The van der Waals surface area contributed by atoms with Gasteiger partial charge in [-0.1, -0.05) is 32.0 Å². The molecule has 0 spiro atoms. The van der Waals surface area contributed by atoms with Gasteiger partial charge >= 0.3 is 0 Å². The van der Waals surface area contributed by atoms with Crippen LogP contribution in [0.25, 0.3) is 0 Å². The molecule has 1 heterocycles. The fourth-order valence-corrected chi connectivity index (χ4v) is 1.79. The number of hydrogen-bond donors (Lipinski definition) is 1. The number of aryl methyl sites for hydroxylation is 1. The summed E-state index contributed by atoms with van der Waals surface area (Å²) in [6.07, 6.45) is 1.43. The first-order chi connectivity index (χ1) is 8.59. The molecular weight excluding hydrogens is 226 g/mol. The number of ether oxygens (including phenoxy) is 1. The van der Waals surface area contributed by atoms with Crippen molar-refractivity contribution < 1.29 is 4.74 Å². The lowest BCUT2D eigenvalue weighted by molar-refractivity contribution is 0.449. The molecule has 2 N–H and O–H groups in total. The lowest BCUT2D eigenvalue weighted by Gasteiger charge is -2.14. The minimum absolute atomic E-state index is 0.213. The van der Waals surface area contributed by atoms with Crippen LogP contribution in [-0.4, -0.2) is 9.97 Å². The summed E-state index contributed by atoms with van der Waals surface area (Å²) in [4.78, 5) is 8.20. The normalized spacial score (nSPS) is 10.7. The Morgan fingerprint density at radius 1 is 1.17 bits per heavy atom. The molecule has 4 nitrogen and oxygen atoms in total. The first-order valence-corrected chi connectivity index (χ1v) is 5.93. The van der Waals surface area contributed by atoms with Crippen LogP contribution in [0.4, 0.5) is 5.82 Å². The molecule has 0 atom stereocenters. The minimum Gasteiger partial charge on any atom is -0.438 e. The van der Waals surface area contributed by atoms with Gasteiger partial charge in [-0.15, -0.1) is 0 Å². The molecule has 4 heteroatoms. The van der Waals surface area contributed by atoms with Crippen molar-refractivity contribution in [2.24, 2.45) is 0 Å². The van der Waals surface area contributed by atoms with Crippen LogP contribution in [0, 0.1) is 6.92 Å². The van der Waals surface area contributed by atoms with Gasteiger partial charge in [0.05, 0.1) is 5.56 Å². The van der Waals surface area contributed by atoms with E-state index in [1.165, 1.54) is 6.33 Å². The van der Waals surface area contributed by atoms with Crippen molar-refractivity contribution in [2.75, 3.05) is 5.73 Å². The maximum Gasteiger partial charge on any atom is 0.227 e. The fraction of sp³-hybridized carbons (Fsp3) is 0.286. The quantitative estimate of drug-likeness (QED) is 0.898. The SMILES string of the molecule is Cc1ccccc1Oc1ncnc(N)c1C(C)C. The van der Waals surface area contributed by atoms with E-state index in [0.29, 0.717) is 11.7 Å². The van der Waals surface area contributed by atoms with Crippen molar-refractivity contribution in [3.63, 3.8) is 0 Å². The van der Waals surface area contributed by atoms with Crippen molar-refractivity contribution in [2.45, 2.75) is 26.7 Å². The molecule has 0 saturated carbocycles. The van der Waals surface area contributed by atoms with Crippen LogP contribution in [0.2, 0.25) is 0 Å². The summed E-state index contributed by atoms with van der Waals surface area (Å²) in [7, 11) is 0. The van der Waals surface area contributed by atoms with E-state index in [-0.39, 0.29) is 5.92 Å². The van der Waals surface area contributed by atoms with Crippen LogP contribution in [0.15, 0.2) is 30.6 Å². The number of nitrogens with two attached hydrogens (primary N) is 1. The van der Waals surface area contributed by atoms with Gasteiger partial charge in [-0.3, -0.25) is 0 Å². The molecular formula is C14H17N3O. The molecule has 0 amide bonds. The maximum atomic E-state index is 5.88. The van der Waals surface area contributed by atoms with Crippen LogP contribution in [-0.2, 0) is 0 Å². The van der Waals surface area contributed by atoms with Gasteiger partial charge in [0, 0.05) is 0 Å². The van der Waals surface area contributed by atoms with Gasteiger partial charge in [0.2, 0.25) is 5.88 Å². The molecule has 1 aromatic heterocycles. The predicted octanol–water partition coefficient (Wildman–Crippen LogP) is 3.28. The van der Waals surface area contributed by atoms with Crippen molar-refractivity contribution >= 4 is 5.82 Å². The average Bonchev–Trinajstić information content (AvgIpc) is 2.31. The Bertz CT molecular complexity index is 552. The van der Waals surface area contributed by atoms with Gasteiger partial charge in [-0.2, -0.15) is 0 Å². The highest BCUT2D eigenvalue weighted by atomic mass is 16.5. The molecule has 0 aliphatic rings. The standard InChI is InChI=1S/C14H17N3O/c1-9(2)12-13(15)16-8-17-14(12)18-11-7-5-4-6-10(11)3/h4-9H,1-3H3,(H2,15,16,17). The molecule has 2 aromatic rings. The first kappa shape index (κ1) is 12.4. The maximum absolute atomic E-state index is 5.88. The lowest BCUT2D eigenvalue weighted by Crippen LogP contribution is -2.04. The second-order valence-electron chi connectivity index (χ2n) is 4.50. The third-order valence-electron chi connectivity index (χ3n) is 2.76. The molecule has 1 aromatic carbocycles. The Labute approximate surface area is 107 Å². The van der Waals surface area contributed by atoms with Crippen molar-refractivity contribution in [1.29, 1.82) is 0 Å². The van der Waals surface area contributed by atoms with Gasteiger partial charge in [-0.05, 0) is 24.5 Å². The highest BCUT2D eigenvalue weighted by molar-refractivity contribution is 5.48. The number of nitrogens with zero attached hydrogens (tertiary/aromatic N) is 2. The van der Waals surface area contributed by atoms with Crippen LogP contribution in [0.1, 0.15) is 30.9 Å². The van der Waals surface area contributed by atoms with E-state index < -0.39 is 0 Å². The molecule has 2 rings (SSSR count). The number of aromatic nitrogens is 2. The third kappa shape index (κ3) is 2.42. The number of anilines is 1. The summed E-state index contributed by atoms with van der Waals surface area (Å²) in [5.74, 6) is 2.01. The predicted molar refractivity (Wildman–Crippen MR) is 71.8 cm³/mol. The van der Waals surface area contributed by atoms with Gasteiger partial charge in [0.1, 0.15) is 17.9 Å². The second-order valence-corrected chi connectivity index (χ2v) is 4.50. The van der Waals surface area contributed by atoms with Crippen molar-refractivity contribution in [1.82, 2.24) is 9.97 Å². The smallest absolute Gasteiger partial charge is 0.227 e. The van der Waals surface area contributed by atoms with Gasteiger partial charge in [0.25, 0.3) is 0 Å². The Hall–Kier alpha value is -2.10. The number of hydrogen-bond acceptors (Lipinski definition) is 4. The van der Waals surface area contributed by atoms with E-state index in [2.05, 4.69) is 9.97 Å². The molecule has 94 valence electrons. The van der Waals surface area contributed by atoms with Crippen LogP contribution < -0.4 is 10.5 Å². The molecule has 0 radical (unpaired) electrons. The fourth-order valence-electron chi connectivity index (χ4n) is 1.79. The summed E-state index contributed by atoms with van der Waals surface area (Å²) in [5, 5.41) is 0. The van der Waals surface area contributed by atoms with E-state index >= 15 is 0 Å². The number of rotatable bonds is 3. The molecule has 0 saturated heterocycles. The van der Waals surface area contributed by atoms with Crippen LogP contribution in [0.3, 0.4) is 0 Å².